The zero-order valence-corrected chi connectivity index (χ0v) is 16.6. The molecule has 2 heterocycles. The first-order valence-corrected chi connectivity index (χ1v) is 10.0. The summed E-state index contributed by atoms with van der Waals surface area (Å²) in [6.45, 7) is 4.06. The van der Waals surface area contributed by atoms with E-state index in [9.17, 15) is 9.90 Å². The van der Waals surface area contributed by atoms with E-state index in [2.05, 4.69) is 20.8 Å². The van der Waals surface area contributed by atoms with E-state index in [4.69, 9.17) is 9.47 Å². The molecule has 1 aromatic heterocycles. The molecule has 1 aromatic carbocycles. The number of aromatic nitrogens is 4. The van der Waals surface area contributed by atoms with E-state index in [1.54, 1.807) is 22.9 Å². The molecular formula is C20H25N5O4. The van der Waals surface area contributed by atoms with Crippen LogP contribution in [0.15, 0.2) is 29.5 Å². The molecule has 1 aliphatic carbocycles. The van der Waals surface area contributed by atoms with Crippen LogP contribution in [-0.4, -0.2) is 44.0 Å². The number of phenols is 1. The Morgan fingerprint density at radius 1 is 1.31 bits per heavy atom. The second-order valence-electron chi connectivity index (χ2n) is 7.34. The largest absolute Gasteiger partial charge is 0.504 e. The lowest BCUT2D eigenvalue weighted by atomic mass is 9.94. The van der Waals surface area contributed by atoms with Crippen LogP contribution < -0.4 is 10.1 Å². The summed E-state index contributed by atoms with van der Waals surface area (Å²) < 4.78 is 12.9. The van der Waals surface area contributed by atoms with Crippen molar-refractivity contribution in [3.05, 3.63) is 35.0 Å². The van der Waals surface area contributed by atoms with Crippen LogP contribution in [0, 0.1) is 0 Å². The lowest BCUT2D eigenvalue weighted by Gasteiger charge is -2.29. The van der Waals surface area contributed by atoms with Crippen molar-refractivity contribution in [3.63, 3.8) is 0 Å². The van der Waals surface area contributed by atoms with E-state index < -0.39 is 6.04 Å². The van der Waals surface area contributed by atoms with E-state index in [0.29, 0.717) is 29.6 Å². The fraction of sp³-hybridized carbons (Fsp3) is 0.500. The summed E-state index contributed by atoms with van der Waals surface area (Å²) >= 11 is 0. The molecule has 0 radical (unpaired) electrons. The number of hydrogen-bond acceptors (Lipinski definition) is 8. The monoisotopic (exact) mass is 399 g/mol. The van der Waals surface area contributed by atoms with Crippen molar-refractivity contribution in [3.8, 4) is 11.5 Å². The van der Waals surface area contributed by atoms with Crippen molar-refractivity contribution < 1.29 is 19.4 Å². The number of rotatable bonds is 5. The number of hydrogen-bond donors (Lipinski definition) is 2. The fourth-order valence-corrected chi connectivity index (χ4v) is 3.95. The summed E-state index contributed by atoms with van der Waals surface area (Å²) in [7, 11) is 0. The Bertz CT molecular complexity index is 933. The van der Waals surface area contributed by atoms with Crippen molar-refractivity contribution in [1.82, 2.24) is 20.2 Å². The maximum atomic E-state index is 13.2. The number of nitrogens with one attached hydrogen (secondary N) is 1. The number of anilines is 1. The van der Waals surface area contributed by atoms with Crippen LogP contribution in [0.3, 0.4) is 0 Å². The summed E-state index contributed by atoms with van der Waals surface area (Å²) in [6.07, 6.45) is 5.04. The zero-order chi connectivity index (χ0) is 20.4. The number of ether oxygens (including phenoxy) is 2. The minimum atomic E-state index is -0.586. The van der Waals surface area contributed by atoms with E-state index in [1.807, 2.05) is 13.8 Å². The summed E-state index contributed by atoms with van der Waals surface area (Å²) in [5.74, 6) is 0.441. The number of carbonyl (C=O) groups excluding carboxylic acids is 1. The fourth-order valence-electron chi connectivity index (χ4n) is 3.95. The molecule has 29 heavy (non-hydrogen) atoms. The Morgan fingerprint density at radius 3 is 2.86 bits per heavy atom. The molecule has 154 valence electrons. The van der Waals surface area contributed by atoms with Gasteiger partial charge in [0.05, 0.1) is 12.2 Å². The molecule has 4 rings (SSSR count). The Kier molecular flexibility index (Phi) is 5.37. The molecule has 1 saturated carbocycles. The topological polar surface area (TPSA) is 111 Å². The number of phenolic OH excluding ortho intramolecular Hbond substituents is 1. The maximum absolute atomic E-state index is 13.2. The number of carbonyl (C=O) groups is 1. The van der Waals surface area contributed by atoms with E-state index >= 15 is 0 Å². The average molecular weight is 399 g/mol. The highest BCUT2D eigenvalue weighted by molar-refractivity contribution is 5.92. The molecule has 9 heteroatoms. The van der Waals surface area contributed by atoms with Crippen LogP contribution in [0.1, 0.15) is 57.6 Å². The number of esters is 1. The van der Waals surface area contributed by atoms with E-state index in [0.717, 1.165) is 31.2 Å². The molecule has 9 nitrogen and oxygen atoms in total. The molecule has 2 aliphatic rings. The minimum Gasteiger partial charge on any atom is -0.504 e. The highest BCUT2D eigenvalue weighted by atomic mass is 16.5. The number of tetrazole rings is 1. The van der Waals surface area contributed by atoms with Gasteiger partial charge in [-0.2, -0.15) is 4.68 Å². The van der Waals surface area contributed by atoms with Crippen molar-refractivity contribution in [1.29, 1.82) is 0 Å². The Balaban J connectivity index is 1.72. The predicted molar refractivity (Wildman–Crippen MR) is 105 cm³/mol. The smallest absolute Gasteiger partial charge is 0.338 e. The van der Waals surface area contributed by atoms with Crippen LogP contribution in [0.5, 0.6) is 11.5 Å². The van der Waals surface area contributed by atoms with Crippen LogP contribution in [0.4, 0.5) is 5.95 Å². The van der Waals surface area contributed by atoms with Crippen molar-refractivity contribution in [2.75, 3.05) is 11.9 Å². The molecule has 2 N–H and O–H groups in total. The van der Waals surface area contributed by atoms with Gasteiger partial charge in [-0.3, -0.25) is 0 Å². The summed E-state index contributed by atoms with van der Waals surface area (Å²) in [5, 5.41) is 25.0. The first-order valence-electron chi connectivity index (χ1n) is 10.0. The summed E-state index contributed by atoms with van der Waals surface area (Å²) in [6, 6.07) is 4.41. The van der Waals surface area contributed by atoms with Gasteiger partial charge in [0, 0.05) is 5.70 Å². The predicted octanol–water partition coefficient (Wildman–Crippen LogP) is 2.94. The molecule has 2 aromatic rings. The highest BCUT2D eigenvalue weighted by Gasteiger charge is 2.36. The third kappa shape index (κ3) is 3.76. The second kappa shape index (κ2) is 8.10. The Hall–Kier alpha value is -3.10. The molecule has 1 atom stereocenters. The molecule has 0 unspecified atom stereocenters. The van der Waals surface area contributed by atoms with E-state index in [1.165, 1.54) is 6.42 Å². The number of allylic oxidation sites excluding steroid dienone is 1. The molecule has 0 amide bonds. The third-order valence-corrected chi connectivity index (χ3v) is 5.36. The van der Waals surface area contributed by atoms with Crippen LogP contribution >= 0.6 is 0 Å². The molecule has 1 aliphatic heterocycles. The molecule has 0 bridgehead atoms. The number of fused-ring (bicyclic) bond motifs is 1. The number of nitrogens with zero attached hydrogens (tertiary/aromatic N) is 4. The molecule has 0 spiro atoms. The summed E-state index contributed by atoms with van der Waals surface area (Å²) in [5.41, 5.74) is 1.81. The van der Waals surface area contributed by atoms with Gasteiger partial charge in [0.1, 0.15) is 12.1 Å². The van der Waals surface area contributed by atoms with Gasteiger partial charge >= 0.3 is 5.97 Å². The van der Waals surface area contributed by atoms with Gasteiger partial charge in [0.15, 0.2) is 11.5 Å². The first kappa shape index (κ1) is 19.2. The lowest BCUT2D eigenvalue weighted by Crippen LogP contribution is -2.32. The number of aromatic hydroxyl groups is 1. The standard InChI is InChI=1S/C20H25N5O4/c1-3-28-16-11-13(9-10-15(16)26)18-17(12(2)21-20-22-23-24-25(18)20)19(27)29-14-7-5-4-6-8-14/h9-11,14,18,26H,3-8H2,1-2H3,(H,21,22,24)/t18-/m0/s1. The van der Waals surface area contributed by atoms with Gasteiger partial charge in [0.2, 0.25) is 5.95 Å². The van der Waals surface area contributed by atoms with Gasteiger partial charge < -0.3 is 19.9 Å². The SMILES string of the molecule is CCOc1cc([C@H]2C(C(=O)OC3CCCCC3)=C(C)Nc3nnnn32)ccc1O. The van der Waals surface area contributed by atoms with Crippen molar-refractivity contribution in [2.24, 2.45) is 0 Å². The normalized spacial score (nSPS) is 19.4. The van der Waals surface area contributed by atoms with Gasteiger partial charge in [-0.25, -0.2) is 4.79 Å². The summed E-state index contributed by atoms with van der Waals surface area (Å²) in [4.78, 5) is 13.2. The third-order valence-electron chi connectivity index (χ3n) is 5.36. The molecule has 0 saturated heterocycles. The maximum Gasteiger partial charge on any atom is 0.338 e. The first-order chi connectivity index (χ1) is 14.1. The van der Waals surface area contributed by atoms with Crippen LogP contribution in [0.2, 0.25) is 0 Å². The quantitative estimate of drug-likeness (QED) is 0.738. The Morgan fingerprint density at radius 2 is 2.10 bits per heavy atom. The van der Waals surface area contributed by atoms with Gasteiger partial charge in [-0.15, -0.1) is 0 Å². The number of benzene rings is 1. The van der Waals surface area contributed by atoms with Crippen molar-refractivity contribution in [2.45, 2.75) is 58.1 Å². The average Bonchev–Trinajstić information content (AvgIpc) is 3.17. The van der Waals surface area contributed by atoms with E-state index in [-0.39, 0.29) is 17.8 Å². The zero-order valence-electron chi connectivity index (χ0n) is 16.6. The van der Waals surface area contributed by atoms with Gasteiger partial charge in [-0.05, 0) is 67.7 Å². The highest BCUT2D eigenvalue weighted by Crippen LogP contribution is 2.38. The van der Waals surface area contributed by atoms with Crippen LogP contribution in [-0.2, 0) is 9.53 Å². The van der Waals surface area contributed by atoms with Crippen molar-refractivity contribution >= 4 is 11.9 Å². The minimum absolute atomic E-state index is 0.0357. The van der Waals surface area contributed by atoms with Crippen LogP contribution in [0.25, 0.3) is 0 Å². The molecular weight excluding hydrogens is 374 g/mol. The van der Waals surface area contributed by atoms with Gasteiger partial charge in [0.25, 0.3) is 0 Å². The lowest BCUT2D eigenvalue weighted by molar-refractivity contribution is -0.146. The Labute approximate surface area is 168 Å². The van der Waals surface area contributed by atoms with Gasteiger partial charge in [-0.1, -0.05) is 17.6 Å². The second-order valence-corrected chi connectivity index (χ2v) is 7.34. The molecule has 1 fully saturated rings.